The highest BCUT2D eigenvalue weighted by Crippen LogP contribution is 2.23. The number of carbonyl (C=O) groups is 2. The average Bonchev–Trinajstić information content (AvgIpc) is 2.66. The number of carbonyl (C=O) groups excluding carboxylic acids is 2. The summed E-state index contributed by atoms with van der Waals surface area (Å²) < 4.78 is 5.86. The third kappa shape index (κ3) is 4.06. The summed E-state index contributed by atoms with van der Waals surface area (Å²) >= 11 is 0. The average molecular weight is 377 g/mol. The molecule has 0 bridgehead atoms. The molecule has 1 aromatic carbocycles. The van der Waals surface area contributed by atoms with E-state index in [1.165, 1.54) is 0 Å². The van der Waals surface area contributed by atoms with Gasteiger partial charge in [-0.2, -0.15) is 0 Å². The third-order valence-corrected chi connectivity index (χ3v) is 5.12. The Balaban J connectivity index is 1.26. The number of aryl methyl sites for hydroxylation is 2. The summed E-state index contributed by atoms with van der Waals surface area (Å²) in [6.45, 7) is 4.08. The lowest BCUT2D eigenvalue weighted by Crippen LogP contribution is -2.51. The van der Waals surface area contributed by atoms with Gasteiger partial charge in [0.1, 0.15) is 11.6 Å². The van der Waals surface area contributed by atoms with Crippen molar-refractivity contribution < 1.29 is 14.3 Å². The highest BCUT2D eigenvalue weighted by molar-refractivity contribution is 5.94. The number of ether oxygens (including phenoxy) is 1. The van der Waals surface area contributed by atoms with Crippen molar-refractivity contribution in [3.63, 3.8) is 0 Å². The normalized spacial score (nSPS) is 16.5. The molecule has 1 N–H and O–H groups in total. The van der Waals surface area contributed by atoms with E-state index in [9.17, 15) is 9.59 Å². The Morgan fingerprint density at radius 2 is 2.14 bits per heavy atom. The highest BCUT2D eigenvalue weighted by Gasteiger charge is 2.30. The number of benzene rings is 1. The van der Waals surface area contributed by atoms with Crippen LogP contribution in [0.25, 0.3) is 6.08 Å². The molecule has 2 aliphatic rings. The molecule has 3 heterocycles. The number of para-hydroxylation sites is 1. The van der Waals surface area contributed by atoms with E-state index in [0.29, 0.717) is 44.3 Å². The lowest BCUT2D eigenvalue weighted by molar-refractivity contribution is -0.132. The monoisotopic (exact) mass is 377 g/mol. The van der Waals surface area contributed by atoms with Crippen molar-refractivity contribution in [1.82, 2.24) is 9.88 Å². The molecule has 2 aliphatic heterocycles. The molecule has 0 spiro atoms. The van der Waals surface area contributed by atoms with Crippen LogP contribution in [0.3, 0.4) is 0 Å². The number of fused-ring (bicyclic) bond motifs is 1. The third-order valence-electron chi connectivity index (χ3n) is 5.12. The molecule has 2 amide bonds. The first-order valence-corrected chi connectivity index (χ1v) is 9.52. The molecule has 28 heavy (non-hydrogen) atoms. The van der Waals surface area contributed by atoms with E-state index in [0.717, 1.165) is 22.4 Å². The molecule has 6 heteroatoms. The Labute approximate surface area is 164 Å². The maximum Gasteiger partial charge on any atom is 0.246 e. The van der Waals surface area contributed by atoms with E-state index in [4.69, 9.17) is 4.74 Å². The van der Waals surface area contributed by atoms with Gasteiger partial charge in [0.2, 0.25) is 11.8 Å². The zero-order valence-electron chi connectivity index (χ0n) is 15.9. The molecule has 1 saturated heterocycles. The first kappa shape index (κ1) is 18.2. The van der Waals surface area contributed by atoms with Crippen molar-refractivity contribution in [3.8, 4) is 5.75 Å². The molecule has 6 nitrogen and oxygen atoms in total. The van der Waals surface area contributed by atoms with Crippen LogP contribution in [-0.2, 0) is 16.0 Å². The lowest BCUT2D eigenvalue weighted by Gasteiger charge is -2.38. The summed E-state index contributed by atoms with van der Waals surface area (Å²) in [6.07, 6.45) is 6.19. The topological polar surface area (TPSA) is 71.5 Å². The first-order valence-electron chi connectivity index (χ1n) is 9.52. The quantitative estimate of drug-likeness (QED) is 0.814. The smallest absolute Gasteiger partial charge is 0.246 e. The number of aromatic nitrogens is 1. The Hall–Kier alpha value is -3.15. The molecular weight excluding hydrogens is 354 g/mol. The molecule has 4 rings (SSSR count). The summed E-state index contributed by atoms with van der Waals surface area (Å²) in [4.78, 5) is 29.8. The number of rotatable bonds is 5. The molecule has 2 aromatic rings. The van der Waals surface area contributed by atoms with Crippen LogP contribution in [0.5, 0.6) is 5.75 Å². The van der Waals surface area contributed by atoms with Crippen molar-refractivity contribution in [2.24, 2.45) is 5.92 Å². The number of nitrogens with zero attached hydrogens (tertiary/aromatic N) is 2. The van der Waals surface area contributed by atoms with Crippen LogP contribution in [0.1, 0.15) is 23.1 Å². The lowest BCUT2D eigenvalue weighted by atomic mass is 10.0. The van der Waals surface area contributed by atoms with Crippen molar-refractivity contribution in [2.75, 3.05) is 25.0 Å². The SMILES string of the molecule is Cc1ccccc1OCC1CN(C(=O)/C=C/c2cnc3c(c2)CCC(=O)N3)C1. The van der Waals surface area contributed by atoms with Gasteiger partial charge in [-0.25, -0.2) is 4.98 Å². The Kier molecular flexibility index (Phi) is 5.10. The van der Waals surface area contributed by atoms with Crippen LogP contribution in [-0.4, -0.2) is 41.4 Å². The molecule has 1 aromatic heterocycles. The number of likely N-dealkylation sites (tertiary alicyclic amines) is 1. The van der Waals surface area contributed by atoms with Gasteiger partial charge in [-0.1, -0.05) is 18.2 Å². The fraction of sp³-hybridized carbons (Fsp3) is 0.318. The van der Waals surface area contributed by atoms with E-state index in [1.54, 1.807) is 18.3 Å². The number of nitrogens with one attached hydrogen (secondary N) is 1. The van der Waals surface area contributed by atoms with Crippen LogP contribution in [0, 0.1) is 12.8 Å². The van der Waals surface area contributed by atoms with E-state index in [-0.39, 0.29) is 11.8 Å². The fourth-order valence-corrected chi connectivity index (χ4v) is 3.42. The predicted molar refractivity (Wildman–Crippen MR) is 107 cm³/mol. The van der Waals surface area contributed by atoms with E-state index < -0.39 is 0 Å². The van der Waals surface area contributed by atoms with E-state index in [1.807, 2.05) is 42.2 Å². The second-order valence-electron chi connectivity index (χ2n) is 7.34. The highest BCUT2D eigenvalue weighted by atomic mass is 16.5. The van der Waals surface area contributed by atoms with Crippen molar-refractivity contribution in [2.45, 2.75) is 19.8 Å². The van der Waals surface area contributed by atoms with Crippen LogP contribution in [0.2, 0.25) is 0 Å². The van der Waals surface area contributed by atoms with E-state index in [2.05, 4.69) is 10.3 Å². The molecule has 144 valence electrons. The molecule has 0 saturated carbocycles. The minimum atomic E-state index is -0.00258. The van der Waals surface area contributed by atoms with Gasteiger partial charge in [0.05, 0.1) is 6.61 Å². The number of hydrogen-bond donors (Lipinski definition) is 1. The maximum absolute atomic E-state index is 12.3. The van der Waals surface area contributed by atoms with Gasteiger partial charge in [0.15, 0.2) is 0 Å². The van der Waals surface area contributed by atoms with Crippen molar-refractivity contribution >= 4 is 23.7 Å². The van der Waals surface area contributed by atoms with Crippen LogP contribution in [0.15, 0.2) is 42.6 Å². The summed E-state index contributed by atoms with van der Waals surface area (Å²) in [5.41, 5.74) is 2.99. The van der Waals surface area contributed by atoms with Gasteiger partial charge >= 0.3 is 0 Å². The summed E-state index contributed by atoms with van der Waals surface area (Å²) in [5, 5.41) is 2.76. The number of anilines is 1. The van der Waals surface area contributed by atoms with Crippen LogP contribution in [0.4, 0.5) is 5.82 Å². The van der Waals surface area contributed by atoms with Gasteiger partial charge in [0, 0.05) is 37.7 Å². The standard InChI is InChI=1S/C22H23N3O3/c1-15-4-2-3-5-19(15)28-14-17-12-25(13-17)21(27)9-6-16-10-18-7-8-20(26)24-22(18)23-11-16/h2-6,9-11,17H,7-8,12-14H2,1H3,(H,23,24,26)/b9-6+. The predicted octanol–water partition coefficient (Wildman–Crippen LogP) is 2.83. The second-order valence-corrected chi connectivity index (χ2v) is 7.34. The summed E-state index contributed by atoms with van der Waals surface area (Å²) in [7, 11) is 0. The Morgan fingerprint density at radius 1 is 1.32 bits per heavy atom. The molecule has 1 fully saturated rings. The zero-order chi connectivity index (χ0) is 19.5. The first-order chi connectivity index (χ1) is 13.6. The maximum atomic E-state index is 12.3. The number of amides is 2. The summed E-state index contributed by atoms with van der Waals surface area (Å²) in [6, 6.07) is 9.93. The Bertz CT molecular complexity index is 932. The van der Waals surface area contributed by atoms with Gasteiger partial charge in [-0.15, -0.1) is 0 Å². The second kappa shape index (κ2) is 7.84. The fourth-order valence-electron chi connectivity index (χ4n) is 3.42. The number of hydrogen-bond acceptors (Lipinski definition) is 4. The van der Waals surface area contributed by atoms with Crippen molar-refractivity contribution in [1.29, 1.82) is 0 Å². The molecule has 0 radical (unpaired) electrons. The number of pyridine rings is 1. The largest absolute Gasteiger partial charge is 0.493 e. The van der Waals surface area contributed by atoms with E-state index >= 15 is 0 Å². The van der Waals surface area contributed by atoms with Crippen molar-refractivity contribution in [3.05, 3.63) is 59.3 Å². The molecule has 0 unspecified atom stereocenters. The van der Waals surface area contributed by atoms with Crippen LogP contribution < -0.4 is 10.1 Å². The minimum absolute atomic E-state index is 0.00170. The van der Waals surface area contributed by atoms with Gasteiger partial charge < -0.3 is 15.0 Å². The minimum Gasteiger partial charge on any atom is -0.493 e. The van der Waals surface area contributed by atoms with Crippen LogP contribution >= 0.6 is 0 Å². The van der Waals surface area contributed by atoms with Gasteiger partial charge in [-0.3, -0.25) is 9.59 Å². The van der Waals surface area contributed by atoms with Gasteiger partial charge in [-0.05, 0) is 48.2 Å². The molecule has 0 aliphatic carbocycles. The molecule has 0 atom stereocenters. The van der Waals surface area contributed by atoms with Gasteiger partial charge in [0.25, 0.3) is 0 Å². The summed E-state index contributed by atoms with van der Waals surface area (Å²) in [5.74, 6) is 1.89. The Morgan fingerprint density at radius 3 is 2.96 bits per heavy atom. The zero-order valence-corrected chi connectivity index (χ0v) is 15.9. The molecular formula is C22H23N3O3.